The second-order valence-corrected chi connectivity index (χ2v) is 3.13. The predicted octanol–water partition coefficient (Wildman–Crippen LogP) is 3.46. The van der Waals surface area contributed by atoms with Crippen molar-refractivity contribution in [1.29, 1.82) is 5.26 Å². The van der Waals surface area contributed by atoms with Crippen LogP contribution in [0.25, 0.3) is 0 Å². The van der Waals surface area contributed by atoms with Crippen molar-refractivity contribution in [2.24, 2.45) is 5.18 Å². The highest BCUT2D eigenvalue weighted by atomic mass is 35.5. The summed E-state index contributed by atoms with van der Waals surface area (Å²) in [7, 11) is 0. The fourth-order valence-electron chi connectivity index (χ4n) is 0.890. The lowest BCUT2D eigenvalue weighted by atomic mass is 10.1. The van der Waals surface area contributed by atoms with Crippen molar-refractivity contribution >= 4 is 28.9 Å². The summed E-state index contributed by atoms with van der Waals surface area (Å²) >= 11 is 11.5. The van der Waals surface area contributed by atoms with Gasteiger partial charge >= 0.3 is 0 Å². The SMILES string of the molecule is N#CCc1c(Cl)cc(N=O)cc1Cl. The molecule has 66 valence electrons. The van der Waals surface area contributed by atoms with E-state index in [-0.39, 0.29) is 12.1 Å². The summed E-state index contributed by atoms with van der Waals surface area (Å²) in [5, 5.41) is 11.7. The van der Waals surface area contributed by atoms with Crippen LogP contribution in [0.4, 0.5) is 5.69 Å². The van der Waals surface area contributed by atoms with Crippen LogP contribution in [-0.2, 0) is 6.42 Å². The Balaban J connectivity index is 3.24. The normalized spacial score (nSPS) is 9.31. The topological polar surface area (TPSA) is 53.2 Å². The zero-order valence-corrected chi connectivity index (χ0v) is 7.93. The van der Waals surface area contributed by atoms with Gasteiger partial charge in [0.15, 0.2) is 0 Å². The lowest BCUT2D eigenvalue weighted by molar-refractivity contribution is 1.26. The number of halogens is 2. The van der Waals surface area contributed by atoms with Gasteiger partial charge in [0, 0.05) is 15.6 Å². The highest BCUT2D eigenvalue weighted by Crippen LogP contribution is 2.30. The van der Waals surface area contributed by atoms with Crippen molar-refractivity contribution in [3.63, 3.8) is 0 Å². The van der Waals surface area contributed by atoms with E-state index >= 15 is 0 Å². The number of nitrogens with zero attached hydrogens (tertiary/aromatic N) is 2. The summed E-state index contributed by atoms with van der Waals surface area (Å²) in [6, 6.07) is 4.69. The summed E-state index contributed by atoms with van der Waals surface area (Å²) in [6.45, 7) is 0. The number of benzene rings is 1. The Morgan fingerprint density at radius 3 is 2.31 bits per heavy atom. The smallest absolute Gasteiger partial charge is 0.110 e. The third kappa shape index (κ3) is 2.18. The molecule has 3 nitrogen and oxygen atoms in total. The molecule has 0 aliphatic carbocycles. The van der Waals surface area contributed by atoms with Crippen LogP contribution in [-0.4, -0.2) is 0 Å². The molecular formula is C8H4Cl2N2O. The lowest BCUT2D eigenvalue weighted by Gasteiger charge is -2.02. The summed E-state index contributed by atoms with van der Waals surface area (Å²) in [6.07, 6.45) is 0.122. The molecule has 1 rings (SSSR count). The molecule has 0 aliphatic rings. The summed E-state index contributed by atoms with van der Waals surface area (Å²) in [4.78, 5) is 10.1. The quantitative estimate of drug-likeness (QED) is 0.709. The Morgan fingerprint density at radius 2 is 1.92 bits per heavy atom. The predicted molar refractivity (Wildman–Crippen MR) is 51.2 cm³/mol. The fourth-order valence-corrected chi connectivity index (χ4v) is 1.50. The van der Waals surface area contributed by atoms with E-state index in [2.05, 4.69) is 5.18 Å². The average Bonchev–Trinajstić information content (AvgIpc) is 2.11. The zero-order valence-electron chi connectivity index (χ0n) is 6.42. The van der Waals surface area contributed by atoms with Gasteiger partial charge in [0.2, 0.25) is 0 Å². The third-order valence-corrected chi connectivity index (χ3v) is 2.16. The van der Waals surface area contributed by atoms with E-state index in [0.717, 1.165) is 0 Å². The van der Waals surface area contributed by atoms with E-state index in [1.807, 2.05) is 6.07 Å². The molecule has 0 heterocycles. The van der Waals surface area contributed by atoms with E-state index < -0.39 is 0 Å². The molecule has 0 N–H and O–H groups in total. The van der Waals surface area contributed by atoms with Crippen molar-refractivity contribution in [2.45, 2.75) is 6.42 Å². The molecule has 0 spiro atoms. The van der Waals surface area contributed by atoms with Gasteiger partial charge in [-0.3, -0.25) is 0 Å². The van der Waals surface area contributed by atoms with Crippen LogP contribution in [0.5, 0.6) is 0 Å². The molecule has 0 bridgehead atoms. The van der Waals surface area contributed by atoms with E-state index in [1.165, 1.54) is 12.1 Å². The van der Waals surface area contributed by atoms with Crippen LogP contribution in [0.15, 0.2) is 17.3 Å². The van der Waals surface area contributed by atoms with Crippen LogP contribution in [0, 0.1) is 16.2 Å². The first-order valence-electron chi connectivity index (χ1n) is 3.37. The van der Waals surface area contributed by atoms with Gasteiger partial charge in [-0.1, -0.05) is 23.2 Å². The largest absolute Gasteiger partial charge is 0.198 e. The second-order valence-electron chi connectivity index (χ2n) is 2.31. The Hall–Kier alpha value is -1.11. The fraction of sp³-hybridized carbons (Fsp3) is 0.125. The van der Waals surface area contributed by atoms with E-state index in [4.69, 9.17) is 28.5 Å². The number of nitroso groups, excluding NO2 is 1. The standard InChI is InChI=1S/C8H4Cl2N2O/c9-7-3-5(12-13)4-8(10)6(7)1-2-11/h3-4H,1H2. The molecule has 0 radical (unpaired) electrons. The van der Waals surface area contributed by atoms with Crippen molar-refractivity contribution in [1.82, 2.24) is 0 Å². The van der Waals surface area contributed by atoms with Gasteiger partial charge in [0.1, 0.15) is 5.69 Å². The molecule has 0 saturated heterocycles. The molecule has 0 unspecified atom stereocenters. The van der Waals surface area contributed by atoms with Gasteiger partial charge in [-0.05, 0) is 17.3 Å². The van der Waals surface area contributed by atoms with E-state index in [9.17, 15) is 4.91 Å². The highest BCUT2D eigenvalue weighted by Gasteiger charge is 2.07. The lowest BCUT2D eigenvalue weighted by Crippen LogP contribution is -1.85. The zero-order chi connectivity index (χ0) is 9.84. The Kier molecular flexibility index (Phi) is 3.24. The Bertz CT molecular complexity index is 361. The number of hydrogen-bond donors (Lipinski definition) is 0. The third-order valence-electron chi connectivity index (χ3n) is 1.49. The molecule has 0 amide bonds. The van der Waals surface area contributed by atoms with Crippen LogP contribution in [0.3, 0.4) is 0 Å². The molecule has 5 heteroatoms. The summed E-state index contributed by atoms with van der Waals surface area (Å²) < 4.78 is 0. The Morgan fingerprint density at radius 1 is 1.38 bits per heavy atom. The minimum atomic E-state index is 0.122. The Labute approximate surface area is 84.9 Å². The van der Waals surface area contributed by atoms with Gasteiger partial charge in [0.05, 0.1) is 12.5 Å². The maximum atomic E-state index is 10.1. The minimum Gasteiger partial charge on any atom is -0.198 e. The van der Waals surface area contributed by atoms with Crippen molar-refractivity contribution < 1.29 is 0 Å². The van der Waals surface area contributed by atoms with Crippen LogP contribution in [0.1, 0.15) is 5.56 Å². The second kappa shape index (κ2) is 4.22. The molecule has 1 aromatic carbocycles. The first-order valence-corrected chi connectivity index (χ1v) is 4.13. The van der Waals surface area contributed by atoms with Gasteiger partial charge in [-0.2, -0.15) is 5.26 Å². The van der Waals surface area contributed by atoms with Crippen LogP contribution < -0.4 is 0 Å². The summed E-state index contributed by atoms with van der Waals surface area (Å²) in [5.41, 5.74) is 0.690. The maximum Gasteiger partial charge on any atom is 0.110 e. The van der Waals surface area contributed by atoms with Crippen molar-refractivity contribution in [2.75, 3.05) is 0 Å². The molecule has 0 atom stereocenters. The number of hydrogen-bond acceptors (Lipinski definition) is 3. The first-order chi connectivity index (χ1) is 6.19. The molecule has 13 heavy (non-hydrogen) atoms. The number of nitriles is 1. The maximum absolute atomic E-state index is 10.1. The molecule has 0 aliphatic heterocycles. The average molecular weight is 215 g/mol. The first kappa shape index (κ1) is 9.97. The molecule has 0 fully saturated rings. The van der Waals surface area contributed by atoms with E-state index in [1.54, 1.807) is 0 Å². The van der Waals surface area contributed by atoms with Crippen molar-refractivity contribution in [3.8, 4) is 6.07 Å². The highest BCUT2D eigenvalue weighted by molar-refractivity contribution is 6.36. The molecular weight excluding hydrogens is 211 g/mol. The van der Waals surface area contributed by atoms with Crippen LogP contribution in [0.2, 0.25) is 10.0 Å². The van der Waals surface area contributed by atoms with Crippen molar-refractivity contribution in [3.05, 3.63) is 32.6 Å². The van der Waals surface area contributed by atoms with Gasteiger partial charge in [-0.25, -0.2) is 0 Å². The van der Waals surface area contributed by atoms with Gasteiger partial charge < -0.3 is 0 Å². The van der Waals surface area contributed by atoms with Gasteiger partial charge in [0.25, 0.3) is 0 Å². The summed E-state index contributed by atoms with van der Waals surface area (Å²) in [5.74, 6) is 0. The number of rotatable bonds is 2. The monoisotopic (exact) mass is 214 g/mol. The van der Waals surface area contributed by atoms with E-state index in [0.29, 0.717) is 15.6 Å². The van der Waals surface area contributed by atoms with Gasteiger partial charge in [-0.15, -0.1) is 4.91 Å². The molecule has 0 aromatic heterocycles. The molecule has 1 aromatic rings. The minimum absolute atomic E-state index is 0.122. The van der Waals surface area contributed by atoms with Crippen LogP contribution >= 0.6 is 23.2 Å². The molecule has 0 saturated carbocycles.